The zero-order valence-electron chi connectivity index (χ0n) is 11.0. The minimum atomic E-state index is -0.536. The summed E-state index contributed by atoms with van der Waals surface area (Å²) in [6.45, 7) is 3.54. The van der Waals surface area contributed by atoms with Crippen LogP contribution >= 0.6 is 11.6 Å². The number of hydrogen-bond acceptors (Lipinski definition) is 3. The third-order valence-corrected chi connectivity index (χ3v) is 3.09. The van der Waals surface area contributed by atoms with Crippen LogP contribution in [-0.4, -0.2) is 22.8 Å². The van der Waals surface area contributed by atoms with E-state index < -0.39 is 10.8 Å². The lowest BCUT2D eigenvalue weighted by molar-refractivity contribution is -0.385. The molecule has 0 saturated carbocycles. The molecule has 0 fully saturated rings. The Kier molecular flexibility index (Phi) is 5.76. The molecule has 6 heteroatoms. The van der Waals surface area contributed by atoms with Gasteiger partial charge in [-0.2, -0.15) is 0 Å². The van der Waals surface area contributed by atoms with Gasteiger partial charge in [-0.15, -0.1) is 11.6 Å². The highest BCUT2D eigenvalue weighted by atomic mass is 35.5. The fourth-order valence-corrected chi connectivity index (χ4v) is 2.01. The predicted molar refractivity (Wildman–Crippen MR) is 74.7 cm³/mol. The van der Waals surface area contributed by atoms with Gasteiger partial charge < -0.3 is 5.32 Å². The molecule has 0 aliphatic rings. The van der Waals surface area contributed by atoms with Gasteiger partial charge in [-0.3, -0.25) is 14.9 Å². The van der Waals surface area contributed by atoms with Crippen molar-refractivity contribution in [2.45, 2.75) is 32.7 Å². The molecule has 19 heavy (non-hydrogen) atoms. The van der Waals surface area contributed by atoms with E-state index in [9.17, 15) is 14.9 Å². The van der Waals surface area contributed by atoms with Gasteiger partial charge in [0, 0.05) is 18.0 Å². The molecule has 0 heterocycles. The van der Waals surface area contributed by atoms with Crippen molar-refractivity contribution in [3.05, 3.63) is 39.4 Å². The Morgan fingerprint density at radius 3 is 2.79 bits per heavy atom. The maximum absolute atomic E-state index is 12.1. The Balaban J connectivity index is 2.90. The van der Waals surface area contributed by atoms with Crippen LogP contribution in [0.4, 0.5) is 5.69 Å². The average Bonchev–Trinajstić information content (AvgIpc) is 2.35. The van der Waals surface area contributed by atoms with E-state index in [1.165, 1.54) is 6.07 Å². The fraction of sp³-hybridized carbons (Fsp3) is 0.462. The number of alkyl halides is 1. The van der Waals surface area contributed by atoms with Crippen LogP contribution in [0.1, 0.15) is 35.7 Å². The highest BCUT2D eigenvalue weighted by Gasteiger charge is 2.22. The molecule has 0 aliphatic carbocycles. The first-order valence-electron chi connectivity index (χ1n) is 6.08. The SMILES string of the molecule is Cc1cccc([N+](=O)[O-])c1C(=O)NC(C)CCCCl. The number of rotatable bonds is 6. The van der Waals surface area contributed by atoms with Crippen molar-refractivity contribution >= 4 is 23.2 Å². The number of nitro groups is 1. The molecule has 1 unspecified atom stereocenters. The monoisotopic (exact) mass is 284 g/mol. The van der Waals surface area contributed by atoms with Gasteiger partial charge >= 0.3 is 0 Å². The van der Waals surface area contributed by atoms with Crippen LogP contribution in [0.15, 0.2) is 18.2 Å². The normalized spacial score (nSPS) is 11.9. The van der Waals surface area contributed by atoms with Crippen molar-refractivity contribution in [3.8, 4) is 0 Å². The first kappa shape index (κ1) is 15.4. The van der Waals surface area contributed by atoms with Crippen LogP contribution in [0, 0.1) is 17.0 Å². The van der Waals surface area contributed by atoms with Gasteiger partial charge in [0.1, 0.15) is 5.56 Å². The maximum Gasteiger partial charge on any atom is 0.282 e. The van der Waals surface area contributed by atoms with Gasteiger partial charge in [0.15, 0.2) is 0 Å². The molecule has 0 aliphatic heterocycles. The van der Waals surface area contributed by atoms with Gasteiger partial charge in [-0.1, -0.05) is 12.1 Å². The standard InChI is InChI=1S/C13H17ClN2O3/c1-9-5-3-7-11(16(18)19)12(9)13(17)15-10(2)6-4-8-14/h3,5,7,10H,4,6,8H2,1-2H3,(H,15,17). The van der Waals surface area contributed by atoms with Crippen LogP contribution in [-0.2, 0) is 0 Å². The van der Waals surface area contributed by atoms with Crippen LogP contribution in [0.25, 0.3) is 0 Å². The third kappa shape index (κ3) is 4.21. The second-order valence-corrected chi connectivity index (χ2v) is 4.81. The molecule has 1 atom stereocenters. The van der Waals surface area contributed by atoms with Gasteiger partial charge in [0.05, 0.1) is 4.92 Å². The summed E-state index contributed by atoms with van der Waals surface area (Å²) in [4.78, 5) is 22.5. The summed E-state index contributed by atoms with van der Waals surface area (Å²) in [6, 6.07) is 4.53. The molecule has 0 saturated heterocycles. The number of halogens is 1. The molecular formula is C13H17ClN2O3. The summed E-state index contributed by atoms with van der Waals surface area (Å²) >= 11 is 5.59. The molecule has 1 N–H and O–H groups in total. The molecule has 0 aromatic heterocycles. The number of aryl methyl sites for hydroxylation is 1. The lowest BCUT2D eigenvalue weighted by Crippen LogP contribution is -2.33. The van der Waals surface area contributed by atoms with Gasteiger partial charge in [-0.05, 0) is 32.3 Å². The quantitative estimate of drug-likeness (QED) is 0.496. The molecule has 0 bridgehead atoms. The van der Waals surface area contributed by atoms with Gasteiger partial charge in [0.25, 0.3) is 11.6 Å². The van der Waals surface area contributed by atoms with Crippen LogP contribution in [0.3, 0.4) is 0 Å². The average molecular weight is 285 g/mol. The number of amides is 1. The van der Waals surface area contributed by atoms with Crippen LogP contribution in [0.2, 0.25) is 0 Å². The predicted octanol–water partition coefficient (Wildman–Crippen LogP) is 3.04. The number of nitrogens with one attached hydrogen (secondary N) is 1. The number of hydrogen-bond donors (Lipinski definition) is 1. The number of carbonyl (C=O) groups is 1. The summed E-state index contributed by atoms with van der Waals surface area (Å²) in [5.74, 6) is 0.122. The van der Waals surface area contributed by atoms with Crippen molar-refractivity contribution in [3.63, 3.8) is 0 Å². The highest BCUT2D eigenvalue weighted by Crippen LogP contribution is 2.21. The van der Waals surface area contributed by atoms with Crippen LogP contribution in [0.5, 0.6) is 0 Å². The van der Waals surface area contributed by atoms with Crippen molar-refractivity contribution in [1.82, 2.24) is 5.32 Å². The molecule has 1 aromatic carbocycles. The van der Waals surface area contributed by atoms with Crippen molar-refractivity contribution < 1.29 is 9.72 Å². The van der Waals surface area contributed by atoms with Crippen molar-refractivity contribution in [2.75, 3.05) is 5.88 Å². The Morgan fingerprint density at radius 2 is 2.21 bits per heavy atom. The molecule has 1 rings (SSSR count). The molecule has 0 spiro atoms. The molecule has 104 valence electrons. The Morgan fingerprint density at radius 1 is 1.53 bits per heavy atom. The first-order valence-corrected chi connectivity index (χ1v) is 6.61. The molecule has 0 radical (unpaired) electrons. The Hall–Kier alpha value is -1.62. The van der Waals surface area contributed by atoms with Crippen LogP contribution < -0.4 is 5.32 Å². The summed E-state index contributed by atoms with van der Waals surface area (Å²) in [6.07, 6.45) is 1.54. The number of nitro benzene ring substituents is 1. The zero-order valence-corrected chi connectivity index (χ0v) is 11.7. The van der Waals surface area contributed by atoms with E-state index in [2.05, 4.69) is 5.32 Å². The van der Waals surface area contributed by atoms with Crippen molar-refractivity contribution in [2.24, 2.45) is 0 Å². The van der Waals surface area contributed by atoms with E-state index >= 15 is 0 Å². The van der Waals surface area contributed by atoms with E-state index in [-0.39, 0.29) is 17.3 Å². The summed E-state index contributed by atoms with van der Waals surface area (Å²) in [5.41, 5.74) is 0.559. The van der Waals surface area contributed by atoms with Gasteiger partial charge in [0.2, 0.25) is 0 Å². The molecule has 1 amide bonds. The first-order chi connectivity index (χ1) is 8.97. The van der Waals surface area contributed by atoms with E-state index in [1.54, 1.807) is 19.1 Å². The third-order valence-electron chi connectivity index (χ3n) is 2.82. The summed E-state index contributed by atoms with van der Waals surface area (Å²) < 4.78 is 0. The summed E-state index contributed by atoms with van der Waals surface area (Å²) in [7, 11) is 0. The Labute approximate surface area is 117 Å². The lowest BCUT2D eigenvalue weighted by atomic mass is 10.1. The number of carbonyl (C=O) groups excluding carboxylic acids is 1. The highest BCUT2D eigenvalue weighted by molar-refractivity contribution is 6.17. The van der Waals surface area contributed by atoms with E-state index in [0.717, 1.165) is 12.8 Å². The smallest absolute Gasteiger partial charge is 0.282 e. The molecular weight excluding hydrogens is 268 g/mol. The van der Waals surface area contributed by atoms with E-state index in [0.29, 0.717) is 11.4 Å². The topological polar surface area (TPSA) is 72.2 Å². The second kappa shape index (κ2) is 7.09. The molecule has 5 nitrogen and oxygen atoms in total. The summed E-state index contributed by atoms with van der Waals surface area (Å²) in [5, 5.41) is 13.7. The van der Waals surface area contributed by atoms with E-state index in [1.807, 2.05) is 6.92 Å². The van der Waals surface area contributed by atoms with E-state index in [4.69, 9.17) is 11.6 Å². The second-order valence-electron chi connectivity index (χ2n) is 4.43. The number of benzene rings is 1. The largest absolute Gasteiger partial charge is 0.349 e. The maximum atomic E-state index is 12.1. The number of nitrogens with zero attached hydrogens (tertiary/aromatic N) is 1. The minimum Gasteiger partial charge on any atom is -0.349 e. The fourth-order valence-electron chi connectivity index (χ4n) is 1.85. The van der Waals surface area contributed by atoms with Crippen molar-refractivity contribution in [1.29, 1.82) is 0 Å². The zero-order chi connectivity index (χ0) is 14.4. The lowest BCUT2D eigenvalue weighted by Gasteiger charge is -2.14. The Bertz CT molecular complexity index is 477. The minimum absolute atomic E-state index is 0.0644. The molecule has 1 aromatic rings. The van der Waals surface area contributed by atoms with Gasteiger partial charge in [-0.25, -0.2) is 0 Å².